The third-order valence-corrected chi connectivity index (χ3v) is 2.21. The number of aliphatic hydroxyl groups excluding tert-OH is 1. The van der Waals surface area contributed by atoms with Gasteiger partial charge in [-0.25, -0.2) is 0 Å². The number of amides is 1. The van der Waals surface area contributed by atoms with E-state index in [1.165, 1.54) is 6.08 Å². The van der Waals surface area contributed by atoms with Crippen LogP contribution in [0.15, 0.2) is 42.5 Å². The van der Waals surface area contributed by atoms with E-state index in [4.69, 9.17) is 0 Å². The van der Waals surface area contributed by atoms with Crippen molar-refractivity contribution in [2.75, 3.05) is 6.61 Å². The number of hydrogen-bond donors (Lipinski definition) is 2. The van der Waals surface area contributed by atoms with E-state index < -0.39 is 0 Å². The number of hydrogen-bond acceptors (Lipinski definition) is 2. The van der Waals surface area contributed by atoms with E-state index in [-0.39, 0.29) is 18.6 Å². The lowest BCUT2D eigenvalue weighted by Gasteiger charge is -2.15. The highest BCUT2D eigenvalue weighted by molar-refractivity contribution is 5.87. The first-order valence-electron chi connectivity index (χ1n) is 5.40. The summed E-state index contributed by atoms with van der Waals surface area (Å²) < 4.78 is 0. The van der Waals surface area contributed by atoms with Gasteiger partial charge in [0.05, 0.1) is 12.6 Å². The zero-order chi connectivity index (χ0) is 11.8. The predicted octanol–water partition coefficient (Wildman–Crippen LogP) is 1.80. The molecule has 0 aliphatic carbocycles. The van der Waals surface area contributed by atoms with Crippen LogP contribution in [-0.4, -0.2) is 17.6 Å². The lowest BCUT2D eigenvalue weighted by atomic mass is 10.1. The zero-order valence-corrected chi connectivity index (χ0v) is 9.39. The van der Waals surface area contributed by atoms with Crippen molar-refractivity contribution in [3.8, 4) is 0 Å². The molecule has 0 bridgehead atoms. The largest absolute Gasteiger partial charge is 0.394 e. The first-order chi connectivity index (χ1) is 7.77. The van der Waals surface area contributed by atoms with Gasteiger partial charge in [0, 0.05) is 0 Å². The summed E-state index contributed by atoms with van der Waals surface area (Å²) in [6.07, 6.45) is 4.10. The van der Waals surface area contributed by atoms with Gasteiger partial charge in [0.1, 0.15) is 0 Å². The average Bonchev–Trinajstić information content (AvgIpc) is 2.34. The van der Waals surface area contributed by atoms with E-state index in [9.17, 15) is 9.90 Å². The van der Waals surface area contributed by atoms with E-state index in [1.807, 2.05) is 37.3 Å². The van der Waals surface area contributed by atoms with Gasteiger partial charge in [0.25, 0.3) is 0 Å². The van der Waals surface area contributed by atoms with Gasteiger partial charge in [-0.2, -0.15) is 0 Å². The number of aliphatic hydroxyl groups is 1. The maximum Gasteiger partial charge on any atom is 0.244 e. The van der Waals surface area contributed by atoms with Crippen molar-refractivity contribution in [1.82, 2.24) is 5.32 Å². The Morgan fingerprint density at radius 2 is 2.12 bits per heavy atom. The second kappa shape index (κ2) is 6.80. The van der Waals surface area contributed by atoms with Gasteiger partial charge in [0.15, 0.2) is 0 Å². The molecule has 1 aromatic rings. The summed E-state index contributed by atoms with van der Waals surface area (Å²) >= 11 is 0. The molecular formula is C13H17NO2. The number of benzene rings is 1. The van der Waals surface area contributed by atoms with Crippen LogP contribution >= 0.6 is 0 Å². The maximum atomic E-state index is 11.4. The Morgan fingerprint density at radius 3 is 2.69 bits per heavy atom. The molecule has 86 valence electrons. The molecule has 0 heterocycles. The fourth-order valence-corrected chi connectivity index (χ4v) is 1.36. The Hall–Kier alpha value is -1.61. The van der Waals surface area contributed by atoms with Crippen LogP contribution in [0, 0.1) is 0 Å². The van der Waals surface area contributed by atoms with E-state index in [2.05, 4.69) is 5.32 Å². The van der Waals surface area contributed by atoms with Crippen LogP contribution in [0.4, 0.5) is 0 Å². The lowest BCUT2D eigenvalue weighted by molar-refractivity contribution is -0.117. The summed E-state index contributed by atoms with van der Waals surface area (Å²) in [5.41, 5.74) is 0.906. The predicted molar refractivity (Wildman–Crippen MR) is 63.8 cm³/mol. The minimum absolute atomic E-state index is 0.101. The minimum atomic E-state index is -0.338. The molecule has 1 amide bonds. The second-order valence-electron chi connectivity index (χ2n) is 3.47. The van der Waals surface area contributed by atoms with Crippen molar-refractivity contribution in [1.29, 1.82) is 0 Å². The molecule has 0 saturated heterocycles. The molecule has 3 nitrogen and oxygen atoms in total. The van der Waals surface area contributed by atoms with Crippen LogP contribution in [0.3, 0.4) is 0 Å². The zero-order valence-electron chi connectivity index (χ0n) is 9.39. The SMILES string of the molecule is CC/C=C/C(=O)N[C@@H](CO)c1ccccc1. The number of carbonyl (C=O) groups is 1. The smallest absolute Gasteiger partial charge is 0.244 e. The molecule has 16 heavy (non-hydrogen) atoms. The van der Waals surface area contributed by atoms with Gasteiger partial charge < -0.3 is 10.4 Å². The van der Waals surface area contributed by atoms with Gasteiger partial charge in [-0.1, -0.05) is 43.3 Å². The molecule has 0 fully saturated rings. The van der Waals surface area contributed by atoms with Crippen molar-refractivity contribution in [2.45, 2.75) is 19.4 Å². The first-order valence-corrected chi connectivity index (χ1v) is 5.40. The third kappa shape index (κ3) is 3.87. The van der Waals surface area contributed by atoms with Gasteiger partial charge in [-0.3, -0.25) is 4.79 Å². The van der Waals surface area contributed by atoms with Gasteiger partial charge >= 0.3 is 0 Å². The molecule has 0 saturated carbocycles. The van der Waals surface area contributed by atoms with Crippen LogP contribution in [0.5, 0.6) is 0 Å². The van der Waals surface area contributed by atoms with Gasteiger partial charge in [-0.15, -0.1) is 0 Å². The Labute approximate surface area is 95.8 Å². The number of allylic oxidation sites excluding steroid dienone is 1. The van der Waals surface area contributed by atoms with Crippen molar-refractivity contribution >= 4 is 5.91 Å². The van der Waals surface area contributed by atoms with Gasteiger partial charge in [0.2, 0.25) is 5.91 Å². The number of carbonyl (C=O) groups excluding carboxylic acids is 1. The summed E-state index contributed by atoms with van der Waals surface area (Å²) in [6, 6.07) is 9.08. The molecule has 1 rings (SSSR count). The van der Waals surface area contributed by atoms with E-state index in [1.54, 1.807) is 6.08 Å². The highest BCUT2D eigenvalue weighted by Crippen LogP contribution is 2.11. The van der Waals surface area contributed by atoms with Crippen molar-refractivity contribution in [3.05, 3.63) is 48.0 Å². The highest BCUT2D eigenvalue weighted by Gasteiger charge is 2.10. The fourth-order valence-electron chi connectivity index (χ4n) is 1.36. The molecule has 1 aromatic carbocycles. The van der Waals surface area contributed by atoms with E-state index >= 15 is 0 Å². The van der Waals surface area contributed by atoms with Crippen molar-refractivity contribution in [2.24, 2.45) is 0 Å². The van der Waals surface area contributed by atoms with E-state index in [0.717, 1.165) is 12.0 Å². The molecule has 1 atom stereocenters. The van der Waals surface area contributed by atoms with Crippen LogP contribution in [-0.2, 0) is 4.79 Å². The fraction of sp³-hybridized carbons (Fsp3) is 0.308. The minimum Gasteiger partial charge on any atom is -0.394 e. The molecule has 3 heteroatoms. The summed E-state index contributed by atoms with van der Waals surface area (Å²) in [6.45, 7) is 1.86. The molecular weight excluding hydrogens is 202 g/mol. The average molecular weight is 219 g/mol. The Balaban J connectivity index is 2.63. The summed E-state index contributed by atoms with van der Waals surface area (Å²) in [5.74, 6) is -0.176. The van der Waals surface area contributed by atoms with Crippen molar-refractivity contribution in [3.63, 3.8) is 0 Å². The third-order valence-electron chi connectivity index (χ3n) is 2.21. The first kappa shape index (κ1) is 12.5. The lowest BCUT2D eigenvalue weighted by Crippen LogP contribution is -2.29. The van der Waals surface area contributed by atoms with Crippen LogP contribution in [0.25, 0.3) is 0 Å². The van der Waals surface area contributed by atoms with Crippen LogP contribution < -0.4 is 5.32 Å². The van der Waals surface area contributed by atoms with Crippen LogP contribution in [0.1, 0.15) is 24.9 Å². The van der Waals surface area contributed by atoms with E-state index in [0.29, 0.717) is 0 Å². The Bertz CT molecular complexity index is 346. The summed E-state index contributed by atoms with van der Waals surface area (Å²) in [5, 5.41) is 12.0. The Morgan fingerprint density at radius 1 is 1.44 bits per heavy atom. The maximum absolute atomic E-state index is 11.4. The molecule has 0 unspecified atom stereocenters. The summed E-state index contributed by atoms with van der Waals surface area (Å²) in [4.78, 5) is 11.4. The molecule has 0 aliphatic heterocycles. The molecule has 0 spiro atoms. The highest BCUT2D eigenvalue weighted by atomic mass is 16.3. The summed E-state index contributed by atoms with van der Waals surface area (Å²) in [7, 11) is 0. The monoisotopic (exact) mass is 219 g/mol. The molecule has 0 aliphatic rings. The van der Waals surface area contributed by atoms with Crippen LogP contribution in [0.2, 0.25) is 0 Å². The van der Waals surface area contributed by atoms with Crippen molar-refractivity contribution < 1.29 is 9.90 Å². The number of rotatable bonds is 5. The number of nitrogens with one attached hydrogen (secondary N) is 1. The Kier molecular flexibility index (Phi) is 5.29. The standard InChI is InChI=1S/C13H17NO2/c1-2-3-9-13(16)14-12(10-15)11-7-5-4-6-8-11/h3-9,12,15H,2,10H2,1H3,(H,14,16)/b9-3+/t12-/m0/s1. The quantitative estimate of drug-likeness (QED) is 0.742. The topological polar surface area (TPSA) is 49.3 Å². The second-order valence-corrected chi connectivity index (χ2v) is 3.47. The normalized spacial score (nSPS) is 12.6. The molecule has 0 radical (unpaired) electrons. The molecule has 0 aromatic heterocycles. The molecule has 2 N–H and O–H groups in total. The van der Waals surface area contributed by atoms with Gasteiger partial charge in [-0.05, 0) is 18.1 Å².